The molecule has 98 heavy (non-hydrogen) atoms. The van der Waals surface area contributed by atoms with E-state index in [0.29, 0.717) is 47.3 Å². The highest BCUT2D eigenvalue weighted by Crippen LogP contribution is 2.39. The number of nitrogens with zero attached hydrogens (tertiary/aromatic N) is 11. The molecule has 26 nitrogen and oxygen atoms in total. The monoisotopic (exact) mass is 1380 g/mol. The maximum atomic E-state index is 12.1. The Labute approximate surface area is 583 Å². The van der Waals surface area contributed by atoms with Crippen LogP contribution in [0.4, 0.5) is 55.1 Å². The molecule has 6 aromatic rings. The van der Waals surface area contributed by atoms with Gasteiger partial charge in [-0.2, -0.15) is 0 Å². The molecule has 6 aliphatic heterocycles. The molecule has 0 spiro atoms. The first-order chi connectivity index (χ1) is 46.3. The highest BCUT2D eigenvalue weighted by atomic mass is 35.5. The van der Waals surface area contributed by atoms with E-state index in [4.69, 9.17) is 54.8 Å². The number of nitrogens with one attached hydrogen (secondary N) is 4. The predicted octanol–water partition coefficient (Wildman–Crippen LogP) is 11.2. The topological polar surface area (TPSA) is 272 Å². The molecule has 12 heterocycles. The molecule has 6 N–H and O–H groups in total. The normalized spacial score (nSPS) is 18.1. The van der Waals surface area contributed by atoms with E-state index in [1.807, 2.05) is 65.8 Å². The first kappa shape index (κ1) is 75.9. The molecular formula is C71H105ClN16O10. The van der Waals surface area contributed by atoms with Crippen LogP contribution < -0.4 is 41.7 Å². The number of aromatic nitrogens is 4. The number of halogens is 1. The van der Waals surface area contributed by atoms with E-state index in [-0.39, 0.29) is 11.3 Å². The number of nitrogen functional groups attached to an aromatic ring is 1. The first-order valence-corrected chi connectivity index (χ1v) is 33.9. The summed E-state index contributed by atoms with van der Waals surface area (Å²) in [7, 11) is 16.8. The number of nitrogens with two attached hydrogens (primary N) is 1. The van der Waals surface area contributed by atoms with Gasteiger partial charge in [0.25, 0.3) is 0 Å². The van der Waals surface area contributed by atoms with E-state index in [2.05, 4.69) is 139 Å². The Morgan fingerprint density at radius 3 is 1.35 bits per heavy atom. The van der Waals surface area contributed by atoms with Gasteiger partial charge in [0, 0.05) is 129 Å². The van der Waals surface area contributed by atoms with Gasteiger partial charge in [-0.3, -0.25) is 16.0 Å². The Hall–Kier alpha value is -7.82. The number of carbonyl (C=O) groups excluding carboxylic acids is 3. The van der Waals surface area contributed by atoms with Gasteiger partial charge >= 0.3 is 18.3 Å². The molecule has 6 fully saturated rings. The molecule has 0 bridgehead atoms. The summed E-state index contributed by atoms with van der Waals surface area (Å²) < 4.78 is 37.3. The summed E-state index contributed by atoms with van der Waals surface area (Å²) in [5.41, 5.74) is 10.1. The smallest absolute Gasteiger partial charge is 0.413 e. The predicted molar refractivity (Wildman–Crippen MR) is 387 cm³/mol. The highest BCUT2D eigenvalue weighted by Gasteiger charge is 2.36. The summed E-state index contributed by atoms with van der Waals surface area (Å²) >= 11 is 6.09. The second-order valence-electron chi connectivity index (χ2n) is 29.2. The van der Waals surface area contributed by atoms with Gasteiger partial charge in [-0.15, -0.1) is 0 Å². The van der Waals surface area contributed by atoms with Crippen molar-refractivity contribution in [2.24, 2.45) is 0 Å². The van der Waals surface area contributed by atoms with Crippen molar-refractivity contribution in [1.29, 1.82) is 0 Å². The van der Waals surface area contributed by atoms with Crippen LogP contribution in [0.3, 0.4) is 0 Å². The summed E-state index contributed by atoms with van der Waals surface area (Å²) in [6, 6.07) is 21.1. The van der Waals surface area contributed by atoms with Gasteiger partial charge in [0.2, 0.25) is 0 Å². The second kappa shape index (κ2) is 33.8. The number of pyridine rings is 4. The van der Waals surface area contributed by atoms with Crippen LogP contribution in [0.2, 0.25) is 5.15 Å². The summed E-state index contributed by atoms with van der Waals surface area (Å²) in [4.78, 5) is 69.5. The molecule has 6 aliphatic rings. The third kappa shape index (κ3) is 22.3. The van der Waals surface area contributed by atoms with Gasteiger partial charge in [-0.05, 0) is 193 Å². The number of hydrogen-bond acceptors (Lipinski definition) is 23. The van der Waals surface area contributed by atoms with E-state index in [0.717, 1.165) is 124 Å². The maximum absolute atomic E-state index is 12.1. The minimum absolute atomic E-state index is 0.196. The number of hydrogen-bond donors (Lipinski definition) is 5. The van der Waals surface area contributed by atoms with Crippen molar-refractivity contribution in [3.8, 4) is 22.3 Å². The molecule has 2 unspecified atom stereocenters. The molecule has 2 atom stereocenters. The maximum Gasteiger partial charge on any atom is 0.413 e. The molecule has 27 heteroatoms. The van der Waals surface area contributed by atoms with E-state index in [1.54, 1.807) is 70.1 Å². The highest BCUT2D eigenvalue weighted by molar-refractivity contribution is 6.32. The Balaban J connectivity index is 0.000000162. The molecule has 0 aromatic carbocycles. The summed E-state index contributed by atoms with van der Waals surface area (Å²) in [5.74, 6) is 5.07. The van der Waals surface area contributed by atoms with Gasteiger partial charge in [0.05, 0.1) is 37.8 Å². The van der Waals surface area contributed by atoms with E-state index < -0.39 is 35.1 Å². The van der Waals surface area contributed by atoms with Crippen molar-refractivity contribution < 1.29 is 46.9 Å². The van der Waals surface area contributed by atoms with Crippen LogP contribution in [0, 0.1) is 0 Å². The minimum atomic E-state index is -0.572. The first-order valence-electron chi connectivity index (χ1n) is 33.6. The molecule has 12 rings (SSSR count). The fourth-order valence-electron chi connectivity index (χ4n) is 10.9. The zero-order valence-corrected chi connectivity index (χ0v) is 61.2. The van der Waals surface area contributed by atoms with Gasteiger partial charge in [-0.25, -0.2) is 34.3 Å². The molecule has 0 radical (unpaired) electrons. The summed E-state index contributed by atoms with van der Waals surface area (Å²) in [6.07, 6.45) is 8.33. The fraction of sp³-hybridized carbons (Fsp3) is 0.563. The number of furan rings is 2. The standard InChI is InChI=1S/C19H30N4O3.C19H26N4O3.C14H15ClN2O3.C14H22N4O.C5H12N2/c2*1-19(2,3)26-18(24)21-16-7-6-15(13-8-9-25-12-13)17(20-16)23-10-14(11-23)22(4)5;1-14(2,3)20-13(18)17-11-5-4-10(12(15)16-11)9-6-7-19-8-9;1-17(2)10-8-18(9-10)14-11(5-6-13(15)16-14)12-4-3-7-19-12;1-7(2)5-3-6-4-5/h6-7,13-14H,8-12H2,1-5H3,(H,20,21,24);6-9,12,14H,10-11H2,1-5H3,(H,20,21,24);4-8H,1-3H3,(H,16,17,18);5-6,10,12H,3-4,7-9H2,1-2H3,(H2,15,16);5-6H,3-4H2,1-2H3. The van der Waals surface area contributed by atoms with Gasteiger partial charge < -0.3 is 77.9 Å². The van der Waals surface area contributed by atoms with Crippen LogP contribution in [0.15, 0.2) is 94.6 Å². The lowest BCUT2D eigenvalue weighted by atomic mass is 9.97. The van der Waals surface area contributed by atoms with Crippen molar-refractivity contribution in [3.05, 3.63) is 102 Å². The third-order valence-corrected chi connectivity index (χ3v) is 17.2. The fourth-order valence-corrected chi connectivity index (χ4v) is 11.2. The molecule has 6 saturated heterocycles. The van der Waals surface area contributed by atoms with Gasteiger partial charge in [0.1, 0.15) is 62.7 Å². The third-order valence-electron chi connectivity index (χ3n) is 16.9. The average Bonchev–Trinajstić information content (AvgIpc) is 1.16. The Bertz CT molecular complexity index is 3500. The number of rotatable bonds is 14. The Kier molecular flexibility index (Phi) is 26.2. The van der Waals surface area contributed by atoms with Crippen molar-refractivity contribution in [2.45, 2.75) is 135 Å². The van der Waals surface area contributed by atoms with E-state index in [9.17, 15) is 14.4 Å². The quantitative estimate of drug-likeness (QED) is 0.0501. The Morgan fingerprint density at radius 1 is 0.531 bits per heavy atom. The van der Waals surface area contributed by atoms with Crippen LogP contribution in [0.25, 0.3) is 22.3 Å². The van der Waals surface area contributed by atoms with Crippen molar-refractivity contribution in [1.82, 2.24) is 44.9 Å². The van der Waals surface area contributed by atoms with Crippen LogP contribution >= 0.6 is 11.6 Å². The van der Waals surface area contributed by atoms with Crippen molar-refractivity contribution >= 4 is 70.6 Å². The molecular weight excluding hydrogens is 1270 g/mol. The zero-order valence-electron chi connectivity index (χ0n) is 60.4. The Morgan fingerprint density at radius 2 is 0.959 bits per heavy atom. The summed E-state index contributed by atoms with van der Waals surface area (Å²) in [5, 5.41) is 11.5. The number of likely N-dealkylation sites (N-methyl/N-ethyl adjacent to an activating group) is 4. The number of anilines is 7. The molecule has 0 saturated carbocycles. The van der Waals surface area contributed by atoms with Gasteiger partial charge in [0.15, 0.2) is 0 Å². The van der Waals surface area contributed by atoms with E-state index >= 15 is 0 Å². The average molecular weight is 1380 g/mol. The van der Waals surface area contributed by atoms with Crippen LogP contribution in [-0.2, 0) is 23.7 Å². The molecule has 536 valence electrons. The molecule has 0 aliphatic carbocycles. The molecule has 3 amide bonds. The lowest BCUT2D eigenvalue weighted by molar-refractivity contribution is 0.0624. The van der Waals surface area contributed by atoms with Crippen LogP contribution in [0.1, 0.15) is 105 Å². The lowest BCUT2D eigenvalue weighted by Gasteiger charge is -2.44. The van der Waals surface area contributed by atoms with Crippen molar-refractivity contribution in [3.63, 3.8) is 0 Å². The largest absolute Gasteiger partial charge is 0.472 e. The number of carbonyl (C=O) groups is 3. The van der Waals surface area contributed by atoms with Crippen LogP contribution in [0.5, 0.6) is 0 Å². The summed E-state index contributed by atoms with van der Waals surface area (Å²) in [6.45, 7) is 26.8. The number of amides is 3. The second-order valence-corrected chi connectivity index (χ2v) is 29.5. The van der Waals surface area contributed by atoms with Gasteiger partial charge in [-0.1, -0.05) is 17.7 Å². The zero-order chi connectivity index (χ0) is 71.2. The minimum Gasteiger partial charge on any atom is -0.472 e. The van der Waals surface area contributed by atoms with E-state index in [1.165, 1.54) is 24.2 Å². The van der Waals surface area contributed by atoms with Crippen molar-refractivity contribution in [2.75, 3.05) is 165 Å². The lowest BCUT2D eigenvalue weighted by Crippen LogP contribution is -2.58. The number of ether oxygens (including phenoxy) is 5. The van der Waals surface area contributed by atoms with Crippen LogP contribution in [-0.4, -0.2) is 227 Å². The SMILES string of the molecule is CC(C)(C)OC(=O)Nc1ccc(-c2ccoc2)c(Cl)n1.CN(C)C1CN(c2nc(N)ccc2C2CCCO2)C1.CN(C)C1CN(c2nc(NC(=O)OC(C)(C)C)ccc2-c2ccoc2)C1.CN(C)C1CN(c2nc(NC(=O)OC(C)(C)C)ccc2C2CCOC2)C1.CN(C)C1CNC1. The molecule has 6 aromatic heterocycles.